The fraction of sp³-hybridized carbons (Fsp3) is 0.375. The highest BCUT2D eigenvalue weighted by molar-refractivity contribution is 7.89. The van der Waals surface area contributed by atoms with Gasteiger partial charge in [-0.3, -0.25) is 0 Å². The summed E-state index contributed by atoms with van der Waals surface area (Å²) in [6.45, 7) is 0.796. The molecule has 0 amide bonds. The molecule has 1 N–H and O–H groups in total. The maximum absolute atomic E-state index is 12.9. The topological polar surface area (TPSA) is 92.4 Å². The first-order valence-electron chi connectivity index (χ1n) is 7.70. The highest BCUT2D eigenvalue weighted by atomic mass is 32.2. The van der Waals surface area contributed by atoms with E-state index in [4.69, 9.17) is 4.74 Å². The van der Waals surface area contributed by atoms with Crippen LogP contribution in [-0.4, -0.2) is 42.9 Å². The number of aromatic amines is 1. The van der Waals surface area contributed by atoms with Crippen LogP contribution in [0.4, 0.5) is 0 Å². The predicted molar refractivity (Wildman–Crippen MR) is 88.6 cm³/mol. The van der Waals surface area contributed by atoms with E-state index >= 15 is 0 Å². The first-order valence-corrected chi connectivity index (χ1v) is 9.14. The number of H-pyrrole nitrogens is 1. The van der Waals surface area contributed by atoms with Crippen molar-refractivity contribution in [3.8, 4) is 5.75 Å². The molecule has 2 heterocycles. The Balaban J connectivity index is 1.87. The van der Waals surface area contributed by atoms with E-state index in [0.717, 1.165) is 18.5 Å². The number of rotatable bonds is 4. The molecule has 1 aliphatic heterocycles. The third kappa shape index (κ3) is 3.34. The fourth-order valence-electron chi connectivity index (χ4n) is 2.95. The number of nitrogens with one attached hydrogen (secondary N) is 1. The van der Waals surface area contributed by atoms with Crippen LogP contribution >= 0.6 is 0 Å². The number of methoxy groups -OCH3 is 1. The maximum atomic E-state index is 12.9. The molecule has 3 rings (SSSR count). The Labute approximate surface area is 140 Å². The summed E-state index contributed by atoms with van der Waals surface area (Å²) in [5.41, 5.74) is 0.306. The van der Waals surface area contributed by atoms with Crippen LogP contribution in [0.2, 0.25) is 0 Å². The third-order valence-electron chi connectivity index (χ3n) is 4.20. The number of benzene rings is 1. The van der Waals surface area contributed by atoms with E-state index in [2.05, 4.69) is 9.97 Å². The van der Waals surface area contributed by atoms with Gasteiger partial charge in [0.15, 0.2) is 0 Å². The molecular weight excluding hydrogens is 330 g/mol. The Morgan fingerprint density at radius 1 is 1.33 bits per heavy atom. The lowest BCUT2D eigenvalue weighted by Crippen LogP contribution is -2.39. The van der Waals surface area contributed by atoms with E-state index < -0.39 is 15.7 Å². The number of piperidine rings is 1. The monoisotopic (exact) mass is 349 g/mol. The van der Waals surface area contributed by atoms with Crippen molar-refractivity contribution in [2.75, 3.05) is 20.2 Å². The Morgan fingerprint density at radius 2 is 2.17 bits per heavy atom. The van der Waals surface area contributed by atoms with E-state index in [1.807, 2.05) is 0 Å². The lowest BCUT2D eigenvalue weighted by atomic mass is 9.96. The molecule has 1 fully saturated rings. The van der Waals surface area contributed by atoms with Gasteiger partial charge >= 0.3 is 5.69 Å². The van der Waals surface area contributed by atoms with Crippen LogP contribution in [0, 0.1) is 0 Å². The Bertz CT molecular complexity index is 879. The van der Waals surface area contributed by atoms with Gasteiger partial charge in [-0.2, -0.15) is 4.31 Å². The van der Waals surface area contributed by atoms with Crippen LogP contribution in [-0.2, 0) is 10.0 Å². The van der Waals surface area contributed by atoms with Crippen LogP contribution in [0.1, 0.15) is 24.5 Å². The van der Waals surface area contributed by atoms with Crippen molar-refractivity contribution in [1.29, 1.82) is 0 Å². The normalized spacial score (nSPS) is 19.1. The molecule has 0 bridgehead atoms. The number of aromatic nitrogens is 2. The molecule has 8 heteroatoms. The van der Waals surface area contributed by atoms with Crippen molar-refractivity contribution in [3.05, 3.63) is 52.7 Å². The number of sulfonamides is 1. The molecule has 0 saturated carbocycles. The summed E-state index contributed by atoms with van der Waals surface area (Å²) in [6.07, 6.45) is 3.01. The summed E-state index contributed by atoms with van der Waals surface area (Å²) < 4.78 is 32.3. The van der Waals surface area contributed by atoms with E-state index in [9.17, 15) is 13.2 Å². The van der Waals surface area contributed by atoms with Gasteiger partial charge in [-0.25, -0.2) is 18.2 Å². The second kappa shape index (κ2) is 6.74. The number of hydrogen-bond acceptors (Lipinski definition) is 5. The molecule has 1 aliphatic rings. The maximum Gasteiger partial charge on any atom is 0.345 e. The van der Waals surface area contributed by atoms with E-state index in [1.54, 1.807) is 24.3 Å². The smallest absolute Gasteiger partial charge is 0.345 e. The Morgan fingerprint density at radius 3 is 2.92 bits per heavy atom. The number of hydrogen-bond donors (Lipinski definition) is 1. The van der Waals surface area contributed by atoms with Gasteiger partial charge in [0.25, 0.3) is 0 Å². The quantitative estimate of drug-likeness (QED) is 0.899. The number of ether oxygens (including phenoxy) is 1. The van der Waals surface area contributed by atoms with Crippen LogP contribution in [0.5, 0.6) is 5.75 Å². The van der Waals surface area contributed by atoms with Crippen LogP contribution in [0.25, 0.3) is 0 Å². The molecule has 128 valence electrons. The molecule has 1 aromatic heterocycles. The zero-order chi connectivity index (χ0) is 17.2. The molecule has 1 aromatic carbocycles. The van der Waals surface area contributed by atoms with Gasteiger partial charge in [0, 0.05) is 37.0 Å². The second-order valence-corrected chi connectivity index (χ2v) is 7.65. The molecule has 7 nitrogen and oxygen atoms in total. The highest BCUT2D eigenvalue weighted by Crippen LogP contribution is 2.29. The molecule has 2 aromatic rings. The van der Waals surface area contributed by atoms with Crippen LogP contribution < -0.4 is 10.4 Å². The summed E-state index contributed by atoms with van der Waals surface area (Å²) in [4.78, 5) is 17.9. The van der Waals surface area contributed by atoms with Gasteiger partial charge in [-0.05, 0) is 31.0 Å². The molecule has 0 unspecified atom stereocenters. The van der Waals surface area contributed by atoms with Crippen LogP contribution in [0.15, 0.2) is 46.2 Å². The van der Waals surface area contributed by atoms with E-state index in [0.29, 0.717) is 18.8 Å². The van der Waals surface area contributed by atoms with Gasteiger partial charge in [-0.1, -0.05) is 6.07 Å². The summed E-state index contributed by atoms with van der Waals surface area (Å²) in [7, 11) is -2.10. The Hall–Kier alpha value is -2.19. The minimum absolute atomic E-state index is 0.0465. The van der Waals surface area contributed by atoms with E-state index in [1.165, 1.54) is 23.7 Å². The molecule has 0 spiro atoms. The van der Waals surface area contributed by atoms with Crippen molar-refractivity contribution in [2.45, 2.75) is 23.7 Å². The van der Waals surface area contributed by atoms with Crippen molar-refractivity contribution in [1.82, 2.24) is 14.3 Å². The van der Waals surface area contributed by atoms with Gasteiger partial charge < -0.3 is 9.72 Å². The summed E-state index contributed by atoms with van der Waals surface area (Å²) in [5.74, 6) is 0.456. The van der Waals surface area contributed by atoms with Crippen LogP contribution in [0.3, 0.4) is 0 Å². The predicted octanol–water partition coefficient (Wildman–Crippen LogP) is 1.35. The average Bonchev–Trinajstić information content (AvgIpc) is 2.62. The zero-order valence-corrected chi connectivity index (χ0v) is 14.1. The number of nitrogens with zero attached hydrogens (tertiary/aromatic N) is 2. The Kier molecular flexibility index (Phi) is 4.68. The molecule has 0 radical (unpaired) electrons. The molecule has 24 heavy (non-hydrogen) atoms. The standard InChI is InChI=1S/C16H19N3O4S/c1-23-13-5-2-6-14(10-13)24(21,22)19-9-3-4-12(11-19)15-7-8-17-16(20)18-15/h2,5-8,10,12H,3-4,9,11H2,1H3,(H,17,18,20)/t12-/m0/s1. The summed E-state index contributed by atoms with van der Waals surface area (Å²) >= 11 is 0. The molecule has 0 aliphatic carbocycles. The van der Waals surface area contributed by atoms with Gasteiger partial charge in [0.2, 0.25) is 10.0 Å². The lowest BCUT2D eigenvalue weighted by molar-refractivity contribution is 0.312. The average molecular weight is 349 g/mol. The minimum Gasteiger partial charge on any atom is -0.497 e. The van der Waals surface area contributed by atoms with Crippen molar-refractivity contribution in [2.24, 2.45) is 0 Å². The largest absolute Gasteiger partial charge is 0.497 e. The third-order valence-corrected chi connectivity index (χ3v) is 6.06. The van der Waals surface area contributed by atoms with Crippen molar-refractivity contribution in [3.63, 3.8) is 0 Å². The van der Waals surface area contributed by atoms with Gasteiger partial charge in [-0.15, -0.1) is 0 Å². The SMILES string of the molecule is COc1cccc(S(=O)(=O)N2CCC[C@H](c3ccnc(=O)[nH]3)C2)c1. The summed E-state index contributed by atoms with van der Waals surface area (Å²) in [5, 5.41) is 0. The second-order valence-electron chi connectivity index (χ2n) is 5.71. The first kappa shape index (κ1) is 16.7. The van der Waals surface area contributed by atoms with Gasteiger partial charge in [0.05, 0.1) is 12.0 Å². The van der Waals surface area contributed by atoms with Gasteiger partial charge in [0.1, 0.15) is 5.75 Å². The van der Waals surface area contributed by atoms with Crippen molar-refractivity contribution >= 4 is 10.0 Å². The highest BCUT2D eigenvalue weighted by Gasteiger charge is 2.31. The zero-order valence-electron chi connectivity index (χ0n) is 13.3. The summed E-state index contributed by atoms with van der Waals surface area (Å²) in [6, 6.07) is 8.18. The van der Waals surface area contributed by atoms with E-state index in [-0.39, 0.29) is 10.8 Å². The molecule has 1 saturated heterocycles. The molecular formula is C16H19N3O4S. The lowest BCUT2D eigenvalue weighted by Gasteiger charge is -2.31. The molecule has 1 atom stereocenters. The first-order chi connectivity index (χ1) is 11.5. The minimum atomic E-state index is -3.60. The van der Waals surface area contributed by atoms with Crippen molar-refractivity contribution < 1.29 is 13.2 Å². The fourth-order valence-corrected chi connectivity index (χ4v) is 4.51.